The molecular formula is C16H10Y-2. The summed E-state index contributed by atoms with van der Waals surface area (Å²) in [6.45, 7) is 0. The van der Waals surface area contributed by atoms with E-state index < -0.39 is 0 Å². The van der Waals surface area contributed by atoms with Crippen molar-refractivity contribution in [3.05, 3.63) is 72.8 Å². The van der Waals surface area contributed by atoms with E-state index in [1.807, 2.05) is 30.3 Å². The second-order valence-electron chi connectivity index (χ2n) is 3.75. The van der Waals surface area contributed by atoms with Crippen LogP contribution in [0.25, 0.3) is 21.9 Å². The Labute approximate surface area is 127 Å². The maximum absolute atomic E-state index is 3.30. The largest absolute Gasteiger partial charge is 0.226 e. The molecule has 3 aromatic carbocycles. The van der Waals surface area contributed by atoms with Crippen LogP contribution in [0.3, 0.4) is 0 Å². The zero-order valence-corrected chi connectivity index (χ0v) is 12.2. The first-order chi connectivity index (χ1) is 7.93. The van der Waals surface area contributed by atoms with Gasteiger partial charge < -0.3 is 0 Å². The number of hydrogen-bond acceptors (Lipinski definition) is 0. The van der Waals surface area contributed by atoms with E-state index in [4.69, 9.17) is 0 Å². The molecule has 3 aromatic rings. The van der Waals surface area contributed by atoms with Crippen LogP contribution >= 0.6 is 0 Å². The van der Waals surface area contributed by atoms with Gasteiger partial charge in [-0.15, -0.1) is 22.9 Å². The molecule has 0 aliphatic carbocycles. The second-order valence-corrected chi connectivity index (χ2v) is 3.75. The Hall–Kier alpha value is -0.976. The molecule has 0 N–H and O–H groups in total. The van der Waals surface area contributed by atoms with Gasteiger partial charge in [0.05, 0.1) is 0 Å². The molecule has 79 valence electrons. The van der Waals surface area contributed by atoms with Crippen molar-refractivity contribution < 1.29 is 32.7 Å². The molecule has 3 rings (SSSR count). The molecule has 0 bridgehead atoms. The molecule has 0 amide bonds. The summed E-state index contributed by atoms with van der Waals surface area (Å²) in [4.78, 5) is 0. The predicted octanol–water partition coefficient (Wildman–Crippen LogP) is 4.10. The fraction of sp³-hybridized carbons (Fsp3) is 0. The molecule has 1 radical (unpaired) electrons. The van der Waals surface area contributed by atoms with Crippen LogP contribution < -0.4 is 0 Å². The minimum absolute atomic E-state index is 0. The van der Waals surface area contributed by atoms with Crippen molar-refractivity contribution in [3.63, 3.8) is 0 Å². The van der Waals surface area contributed by atoms with Gasteiger partial charge >= 0.3 is 0 Å². The molecular weight excluding hydrogens is 281 g/mol. The van der Waals surface area contributed by atoms with Crippen molar-refractivity contribution >= 4 is 10.8 Å². The average molecular weight is 291 g/mol. The van der Waals surface area contributed by atoms with Crippen molar-refractivity contribution in [2.24, 2.45) is 0 Å². The van der Waals surface area contributed by atoms with E-state index in [2.05, 4.69) is 42.5 Å². The van der Waals surface area contributed by atoms with Crippen molar-refractivity contribution in [3.8, 4) is 11.1 Å². The van der Waals surface area contributed by atoms with Crippen LogP contribution in [0.2, 0.25) is 0 Å². The first-order valence-corrected chi connectivity index (χ1v) is 5.31. The summed E-state index contributed by atoms with van der Waals surface area (Å²) in [6.07, 6.45) is 0. The summed E-state index contributed by atoms with van der Waals surface area (Å²) in [6, 6.07) is 27.0. The Morgan fingerprint density at radius 3 is 2.24 bits per heavy atom. The molecule has 0 spiro atoms. The Morgan fingerprint density at radius 2 is 1.47 bits per heavy atom. The van der Waals surface area contributed by atoms with Crippen molar-refractivity contribution in [2.75, 3.05) is 0 Å². The quantitative estimate of drug-likeness (QED) is 0.592. The SMILES string of the molecule is [Y].[c-]1ccccc1-c1[c-]cc2ccccc2c1. The Kier molecular flexibility index (Phi) is 4.09. The van der Waals surface area contributed by atoms with Gasteiger partial charge in [-0.3, -0.25) is 0 Å². The number of hydrogen-bond donors (Lipinski definition) is 0. The van der Waals surface area contributed by atoms with E-state index in [-0.39, 0.29) is 32.7 Å². The van der Waals surface area contributed by atoms with Gasteiger partial charge in [-0.25, -0.2) is 11.1 Å². The summed E-state index contributed by atoms with van der Waals surface area (Å²) in [5, 5.41) is 2.47. The summed E-state index contributed by atoms with van der Waals surface area (Å²) >= 11 is 0. The van der Waals surface area contributed by atoms with E-state index in [1.165, 1.54) is 10.8 Å². The van der Waals surface area contributed by atoms with Crippen LogP contribution in [-0.2, 0) is 32.7 Å². The summed E-state index contributed by atoms with van der Waals surface area (Å²) in [5.41, 5.74) is 2.19. The van der Waals surface area contributed by atoms with Crippen molar-refractivity contribution in [2.45, 2.75) is 0 Å². The number of fused-ring (bicyclic) bond motifs is 1. The van der Waals surface area contributed by atoms with Crippen LogP contribution in [0.15, 0.2) is 60.7 Å². The van der Waals surface area contributed by atoms with E-state index >= 15 is 0 Å². The predicted molar refractivity (Wildman–Crippen MR) is 67.1 cm³/mol. The normalized spacial score (nSPS) is 9.88. The van der Waals surface area contributed by atoms with Crippen LogP contribution in [0.1, 0.15) is 0 Å². The van der Waals surface area contributed by atoms with Crippen LogP contribution in [0.4, 0.5) is 0 Å². The third-order valence-electron chi connectivity index (χ3n) is 2.68. The topological polar surface area (TPSA) is 0 Å². The molecule has 0 aliphatic heterocycles. The molecule has 17 heavy (non-hydrogen) atoms. The fourth-order valence-electron chi connectivity index (χ4n) is 1.84. The molecule has 0 saturated heterocycles. The molecule has 0 nitrogen and oxygen atoms in total. The monoisotopic (exact) mass is 291 g/mol. The Morgan fingerprint density at radius 1 is 0.706 bits per heavy atom. The van der Waals surface area contributed by atoms with E-state index in [0.29, 0.717) is 0 Å². The maximum Gasteiger partial charge on any atom is 0 e. The third kappa shape index (κ3) is 2.65. The van der Waals surface area contributed by atoms with Gasteiger partial charge in [-0.05, 0) is 0 Å². The standard InChI is InChI=1S/C16H10.Y/c1-2-6-13(7-3-1)16-11-10-14-8-4-5-9-15(14)12-16;/h1-6,8-10,12H;/q-2;. The first kappa shape index (κ1) is 12.5. The average Bonchev–Trinajstić information content (AvgIpc) is 2.39. The second kappa shape index (κ2) is 5.57. The summed E-state index contributed by atoms with van der Waals surface area (Å²) in [5.74, 6) is 0. The Balaban J connectivity index is 0.00000108. The first-order valence-electron chi connectivity index (χ1n) is 5.31. The van der Waals surface area contributed by atoms with E-state index in [0.717, 1.165) is 11.1 Å². The van der Waals surface area contributed by atoms with Gasteiger partial charge in [0, 0.05) is 32.7 Å². The minimum atomic E-state index is 0. The van der Waals surface area contributed by atoms with Gasteiger partial charge in [-0.1, -0.05) is 24.3 Å². The van der Waals surface area contributed by atoms with Crippen LogP contribution in [-0.4, -0.2) is 0 Å². The zero-order valence-electron chi connectivity index (χ0n) is 9.35. The fourth-order valence-corrected chi connectivity index (χ4v) is 1.84. The van der Waals surface area contributed by atoms with Crippen LogP contribution in [0.5, 0.6) is 0 Å². The van der Waals surface area contributed by atoms with E-state index in [9.17, 15) is 0 Å². The molecule has 1 heteroatoms. The molecule has 0 heterocycles. The molecule has 0 atom stereocenters. The Bertz CT molecular complexity index is 615. The van der Waals surface area contributed by atoms with Gasteiger partial charge in [0.2, 0.25) is 0 Å². The zero-order chi connectivity index (χ0) is 10.8. The third-order valence-corrected chi connectivity index (χ3v) is 2.68. The van der Waals surface area contributed by atoms with Gasteiger partial charge in [0.15, 0.2) is 0 Å². The molecule has 0 aromatic heterocycles. The maximum atomic E-state index is 3.30. The smallest absolute Gasteiger partial charge is 0 e. The van der Waals surface area contributed by atoms with Gasteiger partial charge in [0.1, 0.15) is 0 Å². The molecule has 0 unspecified atom stereocenters. The van der Waals surface area contributed by atoms with E-state index in [1.54, 1.807) is 0 Å². The van der Waals surface area contributed by atoms with Gasteiger partial charge in [0.25, 0.3) is 0 Å². The molecule has 0 saturated carbocycles. The molecule has 0 fully saturated rings. The van der Waals surface area contributed by atoms with Crippen molar-refractivity contribution in [1.82, 2.24) is 0 Å². The summed E-state index contributed by atoms with van der Waals surface area (Å²) in [7, 11) is 0. The summed E-state index contributed by atoms with van der Waals surface area (Å²) < 4.78 is 0. The van der Waals surface area contributed by atoms with Gasteiger partial charge in [-0.2, -0.15) is 36.4 Å². The number of rotatable bonds is 1. The van der Waals surface area contributed by atoms with Crippen molar-refractivity contribution in [1.29, 1.82) is 0 Å². The molecule has 0 aliphatic rings. The minimum Gasteiger partial charge on any atom is -0.226 e. The number of benzene rings is 3. The van der Waals surface area contributed by atoms with Crippen LogP contribution in [0, 0.1) is 12.1 Å².